The summed E-state index contributed by atoms with van der Waals surface area (Å²) in [5, 5.41) is 2.90. The normalized spacial score (nSPS) is 13.6. The minimum atomic E-state index is -0.394. The third kappa shape index (κ3) is 3.40. The molecule has 1 N–H and O–H groups in total. The van der Waals surface area contributed by atoms with E-state index in [1.165, 1.54) is 12.7 Å². The van der Waals surface area contributed by atoms with E-state index >= 15 is 0 Å². The van der Waals surface area contributed by atoms with Gasteiger partial charge in [-0.1, -0.05) is 18.2 Å². The molecule has 0 aliphatic carbocycles. The standard InChI is InChI=1S/C19H20N2O3/c1-24-18(22)15-9-11-16(12-10-15)20-19(23)21-13-5-4-7-14-6-2-3-8-17(14)21/h2-3,6,8-12H,4-5,7,13H2,1H3,(H,20,23). The number of methoxy groups -OCH3 is 1. The molecule has 1 aliphatic rings. The second-order valence-corrected chi connectivity index (χ2v) is 5.74. The van der Waals surface area contributed by atoms with Gasteiger partial charge in [0.1, 0.15) is 0 Å². The molecule has 0 saturated heterocycles. The molecule has 2 amide bonds. The number of carbonyl (C=O) groups is 2. The number of rotatable bonds is 2. The van der Waals surface area contributed by atoms with E-state index in [0.29, 0.717) is 17.8 Å². The molecule has 124 valence electrons. The Balaban J connectivity index is 1.76. The number of aryl methyl sites for hydroxylation is 1. The van der Waals surface area contributed by atoms with E-state index in [1.807, 2.05) is 18.2 Å². The minimum Gasteiger partial charge on any atom is -0.465 e. The van der Waals surface area contributed by atoms with Gasteiger partial charge in [-0.25, -0.2) is 9.59 Å². The van der Waals surface area contributed by atoms with Crippen LogP contribution in [-0.4, -0.2) is 25.7 Å². The van der Waals surface area contributed by atoms with Gasteiger partial charge in [0, 0.05) is 17.9 Å². The number of nitrogens with one attached hydrogen (secondary N) is 1. The lowest BCUT2D eigenvalue weighted by atomic mass is 10.1. The van der Waals surface area contributed by atoms with Gasteiger partial charge in [0.05, 0.1) is 12.7 Å². The maximum atomic E-state index is 12.7. The Hall–Kier alpha value is -2.82. The highest BCUT2D eigenvalue weighted by molar-refractivity contribution is 6.02. The van der Waals surface area contributed by atoms with Crippen molar-refractivity contribution in [1.82, 2.24) is 0 Å². The van der Waals surface area contributed by atoms with Gasteiger partial charge < -0.3 is 10.1 Å². The summed E-state index contributed by atoms with van der Waals surface area (Å²) in [6.07, 6.45) is 3.05. The molecule has 0 bridgehead atoms. The lowest BCUT2D eigenvalue weighted by molar-refractivity contribution is 0.0601. The van der Waals surface area contributed by atoms with Crippen LogP contribution in [0, 0.1) is 0 Å². The van der Waals surface area contributed by atoms with Gasteiger partial charge in [-0.15, -0.1) is 0 Å². The molecule has 0 aromatic heterocycles. The number of hydrogen-bond acceptors (Lipinski definition) is 3. The second kappa shape index (κ2) is 7.17. The number of anilines is 2. The maximum Gasteiger partial charge on any atom is 0.337 e. The summed E-state index contributed by atoms with van der Waals surface area (Å²) in [7, 11) is 1.34. The quantitative estimate of drug-likeness (QED) is 0.854. The lowest BCUT2D eigenvalue weighted by Gasteiger charge is -2.23. The predicted octanol–water partition coefficient (Wildman–Crippen LogP) is 3.85. The van der Waals surface area contributed by atoms with E-state index in [2.05, 4.69) is 16.1 Å². The van der Waals surface area contributed by atoms with Crippen LogP contribution >= 0.6 is 0 Å². The zero-order valence-electron chi connectivity index (χ0n) is 13.6. The molecule has 0 fully saturated rings. The van der Waals surface area contributed by atoms with Gasteiger partial charge in [0.2, 0.25) is 0 Å². The van der Waals surface area contributed by atoms with Gasteiger partial charge in [-0.05, 0) is 55.2 Å². The van der Waals surface area contributed by atoms with Crippen molar-refractivity contribution >= 4 is 23.4 Å². The Morgan fingerprint density at radius 1 is 1.04 bits per heavy atom. The number of esters is 1. The van der Waals surface area contributed by atoms with Crippen molar-refractivity contribution in [2.75, 3.05) is 23.9 Å². The van der Waals surface area contributed by atoms with E-state index < -0.39 is 5.97 Å². The van der Waals surface area contributed by atoms with Crippen LogP contribution in [0.3, 0.4) is 0 Å². The summed E-state index contributed by atoms with van der Waals surface area (Å²) in [5.74, 6) is -0.394. The molecule has 24 heavy (non-hydrogen) atoms. The smallest absolute Gasteiger partial charge is 0.337 e. The van der Waals surface area contributed by atoms with Crippen molar-refractivity contribution in [3.8, 4) is 0 Å². The number of urea groups is 1. The Kier molecular flexibility index (Phi) is 4.79. The Morgan fingerprint density at radius 3 is 2.54 bits per heavy atom. The third-order valence-corrected chi connectivity index (χ3v) is 4.16. The van der Waals surface area contributed by atoms with Crippen molar-refractivity contribution in [2.45, 2.75) is 19.3 Å². The fraction of sp³-hybridized carbons (Fsp3) is 0.263. The summed E-state index contributed by atoms with van der Waals surface area (Å²) in [5.41, 5.74) is 3.27. The first-order valence-electron chi connectivity index (χ1n) is 8.04. The Bertz CT molecular complexity index is 741. The first-order chi connectivity index (χ1) is 11.7. The van der Waals surface area contributed by atoms with Crippen molar-refractivity contribution in [3.63, 3.8) is 0 Å². The second-order valence-electron chi connectivity index (χ2n) is 5.74. The first-order valence-corrected chi connectivity index (χ1v) is 8.04. The molecule has 0 atom stereocenters. The zero-order chi connectivity index (χ0) is 16.9. The molecule has 0 radical (unpaired) electrons. The fourth-order valence-corrected chi connectivity index (χ4v) is 2.90. The highest BCUT2D eigenvalue weighted by atomic mass is 16.5. The third-order valence-electron chi connectivity index (χ3n) is 4.16. The van der Waals surface area contributed by atoms with Crippen molar-refractivity contribution in [2.24, 2.45) is 0 Å². The van der Waals surface area contributed by atoms with Crippen LogP contribution < -0.4 is 10.2 Å². The van der Waals surface area contributed by atoms with Crippen molar-refractivity contribution in [3.05, 3.63) is 59.7 Å². The highest BCUT2D eigenvalue weighted by Crippen LogP contribution is 2.26. The Labute approximate surface area is 141 Å². The van der Waals surface area contributed by atoms with Crippen LogP contribution in [0.15, 0.2) is 48.5 Å². The molecule has 1 aliphatic heterocycles. The molecule has 0 unspecified atom stereocenters. The molecule has 5 heteroatoms. The number of ether oxygens (including phenoxy) is 1. The fourth-order valence-electron chi connectivity index (χ4n) is 2.90. The molecule has 1 heterocycles. The SMILES string of the molecule is COC(=O)c1ccc(NC(=O)N2CCCCc3ccccc32)cc1. The van der Waals surface area contributed by atoms with Gasteiger partial charge in [0.15, 0.2) is 0 Å². The van der Waals surface area contributed by atoms with Gasteiger partial charge in [-0.3, -0.25) is 4.90 Å². The molecule has 0 saturated carbocycles. The largest absolute Gasteiger partial charge is 0.465 e. The van der Waals surface area contributed by atoms with Crippen LogP contribution in [0.1, 0.15) is 28.8 Å². The number of para-hydroxylation sites is 1. The van der Waals surface area contributed by atoms with Crippen LogP contribution in [-0.2, 0) is 11.2 Å². The summed E-state index contributed by atoms with van der Waals surface area (Å²) in [6, 6.07) is 14.5. The molecule has 3 rings (SSSR count). The molecule has 0 spiro atoms. The van der Waals surface area contributed by atoms with E-state index in [1.54, 1.807) is 29.2 Å². The average molecular weight is 324 g/mol. The molecular weight excluding hydrogens is 304 g/mol. The van der Waals surface area contributed by atoms with Crippen LogP contribution in [0.4, 0.5) is 16.2 Å². The highest BCUT2D eigenvalue weighted by Gasteiger charge is 2.20. The van der Waals surface area contributed by atoms with E-state index in [9.17, 15) is 9.59 Å². The van der Waals surface area contributed by atoms with Gasteiger partial charge in [0.25, 0.3) is 0 Å². The monoisotopic (exact) mass is 324 g/mol. The summed E-state index contributed by atoms with van der Waals surface area (Å²) >= 11 is 0. The van der Waals surface area contributed by atoms with Crippen LogP contribution in [0.2, 0.25) is 0 Å². The number of benzene rings is 2. The molecular formula is C19H20N2O3. The van der Waals surface area contributed by atoms with E-state index in [0.717, 1.165) is 24.9 Å². The average Bonchev–Trinajstić information content (AvgIpc) is 2.84. The van der Waals surface area contributed by atoms with Crippen molar-refractivity contribution in [1.29, 1.82) is 0 Å². The topological polar surface area (TPSA) is 58.6 Å². The number of amides is 2. The van der Waals surface area contributed by atoms with Crippen LogP contribution in [0.5, 0.6) is 0 Å². The Morgan fingerprint density at radius 2 is 1.79 bits per heavy atom. The molecule has 5 nitrogen and oxygen atoms in total. The summed E-state index contributed by atoms with van der Waals surface area (Å²) < 4.78 is 4.67. The predicted molar refractivity (Wildman–Crippen MR) is 93.5 cm³/mol. The first kappa shape index (κ1) is 16.1. The van der Waals surface area contributed by atoms with E-state index in [4.69, 9.17) is 0 Å². The van der Waals surface area contributed by atoms with Gasteiger partial charge in [-0.2, -0.15) is 0 Å². The lowest BCUT2D eigenvalue weighted by Crippen LogP contribution is -2.35. The van der Waals surface area contributed by atoms with Crippen LogP contribution in [0.25, 0.3) is 0 Å². The number of carbonyl (C=O) groups excluding carboxylic acids is 2. The maximum absolute atomic E-state index is 12.7. The molecule has 2 aromatic rings. The number of fused-ring (bicyclic) bond motifs is 1. The summed E-state index contributed by atoms with van der Waals surface area (Å²) in [6.45, 7) is 0.698. The summed E-state index contributed by atoms with van der Waals surface area (Å²) in [4.78, 5) is 25.9. The molecule has 2 aromatic carbocycles. The van der Waals surface area contributed by atoms with E-state index in [-0.39, 0.29) is 6.03 Å². The van der Waals surface area contributed by atoms with Crippen molar-refractivity contribution < 1.29 is 14.3 Å². The number of hydrogen-bond donors (Lipinski definition) is 1. The number of nitrogens with zero attached hydrogens (tertiary/aromatic N) is 1. The van der Waals surface area contributed by atoms with Gasteiger partial charge >= 0.3 is 12.0 Å². The minimum absolute atomic E-state index is 0.157. The zero-order valence-corrected chi connectivity index (χ0v) is 13.6.